The molecule has 6 heterocycles. The highest BCUT2D eigenvalue weighted by molar-refractivity contribution is 7.13. The van der Waals surface area contributed by atoms with Crippen molar-refractivity contribution in [3.05, 3.63) is 69.7 Å². The number of anilines is 1. The van der Waals surface area contributed by atoms with Crippen LogP contribution in [-0.2, 0) is 6.54 Å². The van der Waals surface area contributed by atoms with Crippen LogP contribution < -0.4 is 10.5 Å². The van der Waals surface area contributed by atoms with Gasteiger partial charge in [0.1, 0.15) is 0 Å². The van der Waals surface area contributed by atoms with Crippen LogP contribution in [0.4, 0.5) is 5.95 Å². The first-order chi connectivity index (χ1) is 15.2. The molecule has 1 saturated heterocycles. The summed E-state index contributed by atoms with van der Waals surface area (Å²) in [5.74, 6) is 2.13. The van der Waals surface area contributed by atoms with Crippen LogP contribution in [-0.4, -0.2) is 32.8 Å². The van der Waals surface area contributed by atoms with Gasteiger partial charge in [-0.25, -0.2) is 9.97 Å². The Morgan fingerprint density at radius 3 is 2.90 bits per heavy atom. The molecule has 0 amide bonds. The largest absolute Gasteiger partial charge is 0.356 e. The first-order valence-corrected chi connectivity index (χ1v) is 11.3. The molecule has 0 radical (unpaired) electrons. The van der Waals surface area contributed by atoms with Crippen molar-refractivity contribution in [2.45, 2.75) is 25.8 Å². The monoisotopic (exact) mass is 431 g/mol. The van der Waals surface area contributed by atoms with E-state index >= 15 is 0 Å². The number of aromatic nitrogens is 4. The fourth-order valence-electron chi connectivity index (χ4n) is 4.86. The molecule has 7 nitrogen and oxygen atoms in total. The molecule has 2 bridgehead atoms. The first-order valence-electron chi connectivity index (χ1n) is 10.4. The Morgan fingerprint density at radius 1 is 1.16 bits per heavy atom. The van der Waals surface area contributed by atoms with Gasteiger partial charge >= 0.3 is 0 Å². The van der Waals surface area contributed by atoms with Gasteiger partial charge in [0.25, 0.3) is 5.56 Å². The summed E-state index contributed by atoms with van der Waals surface area (Å²) in [6.07, 6.45) is 2.95. The predicted molar refractivity (Wildman–Crippen MR) is 119 cm³/mol. The lowest BCUT2D eigenvalue weighted by molar-refractivity contribution is 0.279. The van der Waals surface area contributed by atoms with Crippen molar-refractivity contribution in [1.82, 2.24) is 19.7 Å². The highest BCUT2D eigenvalue weighted by atomic mass is 32.1. The van der Waals surface area contributed by atoms with Crippen LogP contribution in [0.3, 0.4) is 0 Å². The van der Waals surface area contributed by atoms with Crippen LogP contribution in [0.25, 0.3) is 21.9 Å². The van der Waals surface area contributed by atoms with Crippen molar-refractivity contribution in [2.24, 2.45) is 5.92 Å². The van der Waals surface area contributed by atoms with Crippen molar-refractivity contribution >= 4 is 17.3 Å². The summed E-state index contributed by atoms with van der Waals surface area (Å²) in [5, 5.41) is 6.08. The van der Waals surface area contributed by atoms with E-state index in [9.17, 15) is 4.79 Å². The number of hydrogen-bond acceptors (Lipinski definition) is 7. The Hall–Kier alpha value is -3.26. The lowest BCUT2D eigenvalue weighted by Crippen LogP contribution is -2.47. The molecule has 6 rings (SSSR count). The number of aryl methyl sites for hydroxylation is 1. The maximum absolute atomic E-state index is 12.3. The minimum atomic E-state index is 0.101. The van der Waals surface area contributed by atoms with Gasteiger partial charge in [0.15, 0.2) is 5.76 Å². The van der Waals surface area contributed by atoms with Gasteiger partial charge in [0.05, 0.1) is 21.8 Å². The Morgan fingerprint density at radius 2 is 2.10 bits per heavy atom. The van der Waals surface area contributed by atoms with Gasteiger partial charge in [-0.1, -0.05) is 17.3 Å². The molecule has 0 saturated carbocycles. The van der Waals surface area contributed by atoms with E-state index in [1.165, 1.54) is 0 Å². The molecule has 4 aromatic heterocycles. The number of hydrogen-bond donors (Lipinski definition) is 0. The number of thiophene rings is 1. The maximum Gasteiger partial charge on any atom is 0.250 e. The summed E-state index contributed by atoms with van der Waals surface area (Å²) in [6.45, 7) is 4.32. The topological polar surface area (TPSA) is 77.0 Å². The second-order valence-electron chi connectivity index (χ2n) is 8.35. The Kier molecular flexibility index (Phi) is 4.27. The molecule has 2 aliphatic rings. The molecule has 31 heavy (non-hydrogen) atoms. The van der Waals surface area contributed by atoms with Gasteiger partial charge in [-0.2, -0.15) is 0 Å². The third-order valence-electron chi connectivity index (χ3n) is 6.19. The van der Waals surface area contributed by atoms with Crippen LogP contribution >= 0.6 is 11.3 Å². The zero-order valence-corrected chi connectivity index (χ0v) is 17.9. The fourth-order valence-corrected chi connectivity index (χ4v) is 5.58. The molecule has 8 heteroatoms. The number of rotatable bonds is 3. The summed E-state index contributed by atoms with van der Waals surface area (Å²) in [7, 11) is 0. The molecule has 0 N–H and O–H groups in total. The van der Waals surface area contributed by atoms with Crippen molar-refractivity contribution in [3.8, 4) is 21.9 Å². The second-order valence-corrected chi connectivity index (χ2v) is 9.29. The minimum absolute atomic E-state index is 0.101. The average Bonchev–Trinajstić information content (AvgIpc) is 3.46. The standard InChI is InChI=1S/C23H21N5O2S/c1-14-8-19(30-26-14)17-10-24-23(25-22(17)20-5-3-7-31-20)27-11-15-9-16(13-27)18-4-2-6-21(29)28(18)12-15/h2-8,10,15-16H,9,11-13H2,1H3. The van der Waals surface area contributed by atoms with E-state index < -0.39 is 0 Å². The summed E-state index contributed by atoms with van der Waals surface area (Å²) in [6, 6.07) is 11.6. The van der Waals surface area contributed by atoms with Gasteiger partial charge in [0, 0.05) is 49.6 Å². The van der Waals surface area contributed by atoms with Gasteiger partial charge in [-0.3, -0.25) is 4.79 Å². The number of piperidine rings is 1. The zero-order chi connectivity index (χ0) is 20.9. The number of nitrogens with zero attached hydrogens (tertiary/aromatic N) is 5. The first kappa shape index (κ1) is 18.5. The van der Waals surface area contributed by atoms with Crippen molar-refractivity contribution in [3.63, 3.8) is 0 Å². The molecular weight excluding hydrogens is 410 g/mol. The quantitative estimate of drug-likeness (QED) is 0.489. The second kappa shape index (κ2) is 7.16. The van der Waals surface area contributed by atoms with Crippen molar-refractivity contribution in [1.29, 1.82) is 0 Å². The van der Waals surface area contributed by atoms with E-state index in [1.54, 1.807) is 17.4 Å². The van der Waals surface area contributed by atoms with E-state index in [2.05, 4.69) is 22.2 Å². The fraction of sp³-hybridized carbons (Fsp3) is 0.304. The molecule has 4 aromatic rings. The third-order valence-corrected chi connectivity index (χ3v) is 7.06. The van der Waals surface area contributed by atoms with E-state index in [0.29, 0.717) is 17.6 Å². The van der Waals surface area contributed by atoms with Crippen molar-refractivity contribution in [2.75, 3.05) is 18.0 Å². The van der Waals surface area contributed by atoms with Gasteiger partial charge in [0.2, 0.25) is 5.95 Å². The van der Waals surface area contributed by atoms with Crippen LogP contribution in [0.1, 0.15) is 23.7 Å². The summed E-state index contributed by atoms with van der Waals surface area (Å²) in [5.41, 5.74) is 3.77. The highest BCUT2D eigenvalue weighted by Crippen LogP contribution is 2.38. The predicted octanol–water partition coefficient (Wildman–Crippen LogP) is 3.95. The lowest BCUT2D eigenvalue weighted by Gasteiger charge is -2.42. The maximum atomic E-state index is 12.3. The van der Waals surface area contributed by atoms with E-state index in [4.69, 9.17) is 14.5 Å². The van der Waals surface area contributed by atoms with Crippen LogP contribution in [0.15, 0.2) is 57.3 Å². The smallest absolute Gasteiger partial charge is 0.250 e. The molecule has 2 atom stereocenters. The van der Waals surface area contributed by atoms with E-state index in [1.807, 2.05) is 41.3 Å². The molecule has 0 aromatic carbocycles. The average molecular weight is 432 g/mol. The highest BCUT2D eigenvalue weighted by Gasteiger charge is 2.35. The number of fused-ring (bicyclic) bond motifs is 4. The molecule has 2 unspecified atom stereocenters. The van der Waals surface area contributed by atoms with Crippen LogP contribution in [0.2, 0.25) is 0 Å². The normalized spacial score (nSPS) is 20.0. The molecular formula is C23H21N5O2S. The lowest BCUT2D eigenvalue weighted by atomic mass is 9.83. The summed E-state index contributed by atoms with van der Waals surface area (Å²) in [4.78, 5) is 25.4. The third kappa shape index (κ3) is 3.18. The van der Waals surface area contributed by atoms with Gasteiger partial charge < -0.3 is 14.0 Å². The molecule has 1 fully saturated rings. The van der Waals surface area contributed by atoms with Crippen molar-refractivity contribution < 1.29 is 4.52 Å². The summed E-state index contributed by atoms with van der Waals surface area (Å²) < 4.78 is 7.46. The molecule has 0 aliphatic carbocycles. The molecule has 0 spiro atoms. The Labute approximate surface area is 183 Å². The van der Waals surface area contributed by atoms with Gasteiger partial charge in [-0.05, 0) is 36.8 Å². The van der Waals surface area contributed by atoms with E-state index in [-0.39, 0.29) is 5.56 Å². The van der Waals surface area contributed by atoms with Gasteiger partial charge in [-0.15, -0.1) is 11.3 Å². The van der Waals surface area contributed by atoms with Crippen LogP contribution in [0, 0.1) is 12.8 Å². The zero-order valence-electron chi connectivity index (χ0n) is 17.1. The molecule has 156 valence electrons. The molecule has 2 aliphatic heterocycles. The number of pyridine rings is 1. The SMILES string of the molecule is Cc1cc(-c2cnc(N3CC4CC(C3)c3cccc(=O)n3C4)nc2-c2cccs2)on1. The summed E-state index contributed by atoms with van der Waals surface area (Å²) >= 11 is 1.65. The van der Waals surface area contributed by atoms with Crippen LogP contribution in [0.5, 0.6) is 0 Å². The van der Waals surface area contributed by atoms with E-state index in [0.717, 1.165) is 59.5 Å². The Balaban J connectivity index is 1.39. The minimum Gasteiger partial charge on any atom is -0.356 e. The Bertz CT molecular complexity index is 1310.